The van der Waals surface area contributed by atoms with Crippen LogP contribution >= 0.6 is 0 Å². The first-order valence-electron chi connectivity index (χ1n) is 9.64. The summed E-state index contributed by atoms with van der Waals surface area (Å²) in [5.41, 5.74) is 0.518. The summed E-state index contributed by atoms with van der Waals surface area (Å²) >= 11 is 0. The third-order valence-electron chi connectivity index (χ3n) is 5.25. The van der Waals surface area contributed by atoms with E-state index in [1.165, 1.54) is 0 Å². The molecule has 0 saturated carbocycles. The Bertz CT molecular complexity index is 655. The number of ether oxygens (including phenoxy) is 1. The van der Waals surface area contributed by atoms with E-state index in [0.29, 0.717) is 5.56 Å². The molecule has 0 aromatic heterocycles. The molecular formula is C22H33BO4. The van der Waals surface area contributed by atoms with E-state index in [4.69, 9.17) is 14.0 Å². The normalized spacial score (nSPS) is 19.6. The second kappa shape index (κ2) is 7.80. The van der Waals surface area contributed by atoms with E-state index in [1.807, 2.05) is 51.1 Å². The van der Waals surface area contributed by atoms with E-state index in [1.54, 1.807) is 0 Å². The van der Waals surface area contributed by atoms with Crippen LogP contribution < -0.4 is 0 Å². The van der Waals surface area contributed by atoms with Crippen molar-refractivity contribution in [1.29, 1.82) is 0 Å². The Morgan fingerprint density at radius 3 is 2.11 bits per heavy atom. The quantitative estimate of drug-likeness (QED) is 0.381. The molecule has 1 aliphatic rings. The molecule has 0 unspecified atom stereocenters. The monoisotopic (exact) mass is 372 g/mol. The SMILES string of the molecule is C=CC[C@@H](CB1OC(C)(C)C(C)(C)O1)c1ccc(C(=O)OC(C)(C)C)cc1. The highest BCUT2D eigenvalue weighted by Crippen LogP contribution is 2.40. The number of benzene rings is 1. The number of carbonyl (C=O) groups excluding carboxylic acids is 1. The number of esters is 1. The third-order valence-corrected chi connectivity index (χ3v) is 5.25. The maximum Gasteiger partial charge on any atom is 0.458 e. The van der Waals surface area contributed by atoms with Crippen LogP contribution in [0.4, 0.5) is 0 Å². The first-order chi connectivity index (χ1) is 12.3. The maximum absolute atomic E-state index is 12.2. The number of hydrogen-bond acceptors (Lipinski definition) is 4. The molecule has 1 aliphatic heterocycles. The van der Waals surface area contributed by atoms with Gasteiger partial charge in [-0.25, -0.2) is 4.79 Å². The summed E-state index contributed by atoms with van der Waals surface area (Å²) in [5, 5.41) is 0. The number of hydrogen-bond donors (Lipinski definition) is 0. The smallest absolute Gasteiger partial charge is 0.456 e. The van der Waals surface area contributed by atoms with Crippen molar-refractivity contribution in [2.24, 2.45) is 0 Å². The molecule has 2 rings (SSSR count). The first kappa shape index (κ1) is 21.7. The largest absolute Gasteiger partial charge is 0.458 e. The molecule has 0 amide bonds. The van der Waals surface area contributed by atoms with Crippen LogP contribution in [0.25, 0.3) is 0 Å². The van der Waals surface area contributed by atoms with Crippen molar-refractivity contribution in [3.05, 3.63) is 48.0 Å². The lowest BCUT2D eigenvalue weighted by Gasteiger charge is -2.32. The van der Waals surface area contributed by atoms with Crippen molar-refractivity contribution in [3.63, 3.8) is 0 Å². The van der Waals surface area contributed by atoms with Gasteiger partial charge in [-0.2, -0.15) is 0 Å². The lowest BCUT2D eigenvalue weighted by atomic mass is 9.73. The van der Waals surface area contributed by atoms with Gasteiger partial charge in [0.15, 0.2) is 0 Å². The Morgan fingerprint density at radius 2 is 1.67 bits per heavy atom. The molecule has 0 bridgehead atoms. The van der Waals surface area contributed by atoms with Gasteiger partial charge in [0.2, 0.25) is 0 Å². The van der Waals surface area contributed by atoms with E-state index in [-0.39, 0.29) is 30.2 Å². The molecule has 0 radical (unpaired) electrons. The van der Waals surface area contributed by atoms with E-state index < -0.39 is 5.60 Å². The highest BCUT2D eigenvalue weighted by molar-refractivity contribution is 6.45. The molecule has 1 heterocycles. The van der Waals surface area contributed by atoms with Crippen LogP contribution in [0.5, 0.6) is 0 Å². The van der Waals surface area contributed by atoms with Crippen LogP contribution in [0.3, 0.4) is 0 Å². The van der Waals surface area contributed by atoms with E-state index in [2.05, 4.69) is 34.3 Å². The molecule has 1 aromatic carbocycles. The van der Waals surface area contributed by atoms with Crippen molar-refractivity contribution in [2.75, 3.05) is 0 Å². The highest BCUT2D eigenvalue weighted by Gasteiger charge is 2.51. The van der Waals surface area contributed by atoms with Crippen molar-refractivity contribution >= 4 is 13.1 Å². The zero-order valence-electron chi connectivity index (χ0n) is 17.8. The summed E-state index contributed by atoms with van der Waals surface area (Å²) in [6.45, 7) is 17.7. The molecule has 0 spiro atoms. The summed E-state index contributed by atoms with van der Waals surface area (Å²) in [5.74, 6) is -0.0924. The van der Waals surface area contributed by atoms with Crippen LogP contribution in [-0.4, -0.2) is 29.9 Å². The van der Waals surface area contributed by atoms with Gasteiger partial charge in [-0.15, -0.1) is 6.58 Å². The molecule has 5 heteroatoms. The van der Waals surface area contributed by atoms with Gasteiger partial charge in [0.25, 0.3) is 0 Å². The molecule has 1 saturated heterocycles. The molecule has 0 aliphatic carbocycles. The Kier molecular flexibility index (Phi) is 6.28. The Labute approximate surface area is 164 Å². The van der Waals surface area contributed by atoms with Gasteiger partial charge in [-0.1, -0.05) is 18.2 Å². The maximum atomic E-state index is 12.2. The standard InChI is InChI=1S/C22H33BO4/c1-9-10-18(15-23-26-21(5,6)22(7,8)27-23)16-11-13-17(14-12-16)19(24)25-20(2,3)4/h9,11-14,18H,1,10,15H2,2-8H3/t18-/m0/s1. The van der Waals surface area contributed by atoms with Gasteiger partial charge in [0.05, 0.1) is 16.8 Å². The minimum atomic E-state index is -0.502. The average molecular weight is 372 g/mol. The molecule has 27 heavy (non-hydrogen) atoms. The van der Waals surface area contributed by atoms with Gasteiger partial charge in [0, 0.05) is 0 Å². The zero-order valence-corrected chi connectivity index (χ0v) is 17.8. The fourth-order valence-corrected chi connectivity index (χ4v) is 3.09. The van der Waals surface area contributed by atoms with E-state index in [9.17, 15) is 4.79 Å². The molecular weight excluding hydrogens is 339 g/mol. The predicted octanol–water partition coefficient (Wildman–Crippen LogP) is 5.39. The lowest BCUT2D eigenvalue weighted by molar-refractivity contribution is 0.00578. The van der Waals surface area contributed by atoms with Crippen LogP contribution in [0.1, 0.15) is 76.7 Å². The van der Waals surface area contributed by atoms with Crippen LogP contribution in [0.15, 0.2) is 36.9 Å². The highest BCUT2D eigenvalue weighted by atomic mass is 16.7. The Balaban J connectivity index is 2.11. The van der Waals surface area contributed by atoms with Gasteiger partial charge < -0.3 is 14.0 Å². The second-order valence-electron chi connectivity index (χ2n) is 9.27. The number of rotatable bonds is 6. The molecule has 148 valence electrons. The number of carbonyl (C=O) groups is 1. The van der Waals surface area contributed by atoms with Gasteiger partial charge in [-0.3, -0.25) is 0 Å². The van der Waals surface area contributed by atoms with Gasteiger partial charge in [-0.05, 0) is 84.8 Å². The van der Waals surface area contributed by atoms with Crippen molar-refractivity contribution in [1.82, 2.24) is 0 Å². The van der Waals surface area contributed by atoms with E-state index >= 15 is 0 Å². The Hall–Kier alpha value is -1.59. The summed E-state index contributed by atoms with van der Waals surface area (Å²) in [6.07, 6.45) is 3.47. The van der Waals surface area contributed by atoms with Crippen LogP contribution in [0, 0.1) is 0 Å². The van der Waals surface area contributed by atoms with Crippen molar-refractivity contribution < 1.29 is 18.8 Å². The summed E-state index contributed by atoms with van der Waals surface area (Å²) < 4.78 is 17.7. The van der Waals surface area contributed by atoms with Gasteiger partial charge >= 0.3 is 13.1 Å². The number of allylic oxidation sites excluding steroid dienone is 1. The van der Waals surface area contributed by atoms with Crippen molar-refractivity contribution in [2.45, 2.75) is 83.9 Å². The minimum Gasteiger partial charge on any atom is -0.456 e. The molecule has 1 fully saturated rings. The predicted molar refractivity (Wildman–Crippen MR) is 110 cm³/mol. The van der Waals surface area contributed by atoms with Gasteiger partial charge in [0.1, 0.15) is 5.60 Å². The minimum absolute atomic E-state index is 0.213. The summed E-state index contributed by atoms with van der Waals surface area (Å²) in [4.78, 5) is 12.2. The van der Waals surface area contributed by atoms with Crippen molar-refractivity contribution in [3.8, 4) is 0 Å². The molecule has 4 nitrogen and oxygen atoms in total. The van der Waals surface area contributed by atoms with E-state index in [0.717, 1.165) is 18.3 Å². The summed E-state index contributed by atoms with van der Waals surface area (Å²) in [6, 6.07) is 7.62. The Morgan fingerprint density at radius 1 is 1.15 bits per heavy atom. The lowest BCUT2D eigenvalue weighted by Crippen LogP contribution is -2.41. The molecule has 0 N–H and O–H groups in total. The zero-order chi connectivity index (χ0) is 20.5. The second-order valence-corrected chi connectivity index (χ2v) is 9.27. The summed E-state index contributed by atoms with van der Waals surface area (Å²) in [7, 11) is -0.259. The fourth-order valence-electron chi connectivity index (χ4n) is 3.09. The topological polar surface area (TPSA) is 44.8 Å². The molecule has 1 aromatic rings. The average Bonchev–Trinajstić information content (AvgIpc) is 2.72. The first-order valence-corrected chi connectivity index (χ1v) is 9.64. The third kappa shape index (κ3) is 5.46. The molecule has 1 atom stereocenters. The van der Waals surface area contributed by atoms with Crippen LogP contribution in [-0.2, 0) is 14.0 Å². The van der Waals surface area contributed by atoms with Crippen LogP contribution in [0.2, 0.25) is 6.32 Å². The fraction of sp³-hybridized carbons (Fsp3) is 0.591.